The molecule has 2 rings (SSSR count). The zero-order valence-corrected chi connectivity index (χ0v) is 12.0. The molecule has 1 N–H and O–H groups in total. The van der Waals surface area contributed by atoms with Crippen molar-refractivity contribution < 1.29 is 9.90 Å². The Balaban J connectivity index is 1.93. The molecule has 0 radical (unpaired) electrons. The molecule has 1 heterocycles. The van der Waals surface area contributed by atoms with Gasteiger partial charge in [0.05, 0.1) is 18.7 Å². The number of aliphatic carboxylic acids is 1. The van der Waals surface area contributed by atoms with Gasteiger partial charge in [-0.25, -0.2) is 4.68 Å². The van der Waals surface area contributed by atoms with Crippen LogP contribution >= 0.6 is 11.8 Å². The Labute approximate surface area is 121 Å². The van der Waals surface area contributed by atoms with E-state index in [9.17, 15) is 4.79 Å². The number of hydrogen-bond acceptors (Lipinski definition) is 5. The second kappa shape index (κ2) is 7.04. The van der Waals surface area contributed by atoms with E-state index in [-0.39, 0.29) is 11.7 Å². The van der Waals surface area contributed by atoms with E-state index in [0.717, 1.165) is 11.4 Å². The molecule has 1 atom stereocenters. The molecule has 6 nitrogen and oxygen atoms in total. The summed E-state index contributed by atoms with van der Waals surface area (Å²) in [6, 6.07) is 9.96. The van der Waals surface area contributed by atoms with Gasteiger partial charge in [-0.1, -0.05) is 37.3 Å². The Bertz CT molecular complexity index is 559. The maximum Gasteiger partial charge on any atom is 0.304 e. The molecule has 0 fully saturated rings. The predicted octanol–water partition coefficient (Wildman–Crippen LogP) is 1.82. The van der Waals surface area contributed by atoms with Crippen molar-refractivity contribution in [1.82, 2.24) is 20.2 Å². The maximum atomic E-state index is 10.6. The Hall–Kier alpha value is -1.89. The van der Waals surface area contributed by atoms with Gasteiger partial charge in [-0.05, 0) is 16.0 Å². The van der Waals surface area contributed by atoms with Crippen LogP contribution in [0.1, 0.15) is 24.7 Å². The summed E-state index contributed by atoms with van der Waals surface area (Å²) >= 11 is 1.54. The fourth-order valence-corrected chi connectivity index (χ4v) is 2.63. The highest BCUT2D eigenvalue weighted by Crippen LogP contribution is 2.18. The molecular formula is C13H16N4O2S. The van der Waals surface area contributed by atoms with Crippen LogP contribution in [-0.2, 0) is 17.1 Å². The lowest BCUT2D eigenvalue weighted by Gasteiger charge is -2.08. The van der Waals surface area contributed by atoms with Crippen molar-refractivity contribution in [1.29, 1.82) is 0 Å². The van der Waals surface area contributed by atoms with Gasteiger partial charge in [0.1, 0.15) is 0 Å². The normalized spacial score (nSPS) is 12.2. The summed E-state index contributed by atoms with van der Waals surface area (Å²) in [5.74, 6) is 0.582. The van der Waals surface area contributed by atoms with Crippen molar-refractivity contribution in [3.05, 3.63) is 41.7 Å². The highest BCUT2D eigenvalue weighted by Gasteiger charge is 2.12. The Morgan fingerprint density at radius 1 is 1.40 bits per heavy atom. The van der Waals surface area contributed by atoms with Crippen LogP contribution in [0.4, 0.5) is 0 Å². The summed E-state index contributed by atoms with van der Waals surface area (Å²) in [6.45, 7) is 2.52. The molecule has 20 heavy (non-hydrogen) atoms. The molecule has 2 aromatic rings. The molecular weight excluding hydrogens is 276 g/mol. The number of nitrogens with zero attached hydrogens (tertiary/aromatic N) is 4. The Kier molecular flexibility index (Phi) is 5.11. The van der Waals surface area contributed by atoms with Crippen molar-refractivity contribution in [3.63, 3.8) is 0 Å². The standard InChI is InChI=1S/C13H16N4O2S/c1-10(7-13(18)19)20-9-12-14-15-16-17(12)8-11-5-3-2-4-6-11/h2-6,10H,7-9H2,1H3,(H,18,19). The fraction of sp³-hybridized carbons (Fsp3) is 0.385. The van der Waals surface area contributed by atoms with Gasteiger partial charge in [0.15, 0.2) is 5.82 Å². The third-order valence-electron chi connectivity index (χ3n) is 2.74. The second-order valence-corrected chi connectivity index (χ2v) is 5.88. The largest absolute Gasteiger partial charge is 0.481 e. The number of carboxylic acids is 1. The van der Waals surface area contributed by atoms with Gasteiger partial charge in [-0.15, -0.1) is 5.10 Å². The number of thioether (sulfide) groups is 1. The van der Waals surface area contributed by atoms with E-state index in [4.69, 9.17) is 5.11 Å². The van der Waals surface area contributed by atoms with Gasteiger partial charge in [0, 0.05) is 5.25 Å². The van der Waals surface area contributed by atoms with Crippen LogP contribution in [0.15, 0.2) is 30.3 Å². The number of tetrazole rings is 1. The Morgan fingerprint density at radius 2 is 2.15 bits per heavy atom. The molecule has 1 aromatic heterocycles. The van der Waals surface area contributed by atoms with Crippen LogP contribution in [0.25, 0.3) is 0 Å². The summed E-state index contributed by atoms with van der Waals surface area (Å²) in [6.07, 6.45) is 0.144. The van der Waals surface area contributed by atoms with E-state index in [1.54, 1.807) is 16.4 Å². The van der Waals surface area contributed by atoms with Crippen LogP contribution in [0.5, 0.6) is 0 Å². The van der Waals surface area contributed by atoms with Crippen LogP contribution in [0.2, 0.25) is 0 Å². The second-order valence-electron chi connectivity index (χ2n) is 4.46. The number of carbonyl (C=O) groups is 1. The average Bonchev–Trinajstić information content (AvgIpc) is 2.84. The summed E-state index contributed by atoms with van der Waals surface area (Å²) < 4.78 is 1.75. The van der Waals surface area contributed by atoms with Crippen LogP contribution in [0, 0.1) is 0 Å². The first-order valence-corrected chi connectivity index (χ1v) is 7.32. The predicted molar refractivity (Wildman–Crippen MR) is 76.4 cm³/mol. The smallest absolute Gasteiger partial charge is 0.304 e. The minimum atomic E-state index is -0.783. The minimum absolute atomic E-state index is 0.0365. The highest BCUT2D eigenvalue weighted by molar-refractivity contribution is 7.99. The van der Waals surface area contributed by atoms with Gasteiger partial charge >= 0.3 is 5.97 Å². The number of rotatable bonds is 7. The summed E-state index contributed by atoms with van der Waals surface area (Å²) in [5, 5.41) is 20.4. The Morgan fingerprint density at radius 3 is 2.85 bits per heavy atom. The molecule has 7 heteroatoms. The molecule has 0 aliphatic heterocycles. The van der Waals surface area contributed by atoms with Crippen molar-refractivity contribution in [2.24, 2.45) is 0 Å². The van der Waals surface area contributed by atoms with Gasteiger partial charge in [-0.3, -0.25) is 4.79 Å². The fourth-order valence-electron chi connectivity index (χ4n) is 1.73. The molecule has 1 unspecified atom stereocenters. The highest BCUT2D eigenvalue weighted by atomic mass is 32.2. The summed E-state index contributed by atoms with van der Waals surface area (Å²) in [7, 11) is 0. The van der Waals surface area contributed by atoms with E-state index in [1.807, 2.05) is 37.3 Å². The first-order chi connectivity index (χ1) is 9.65. The monoisotopic (exact) mass is 292 g/mol. The third kappa shape index (κ3) is 4.34. The van der Waals surface area contributed by atoms with Crippen LogP contribution < -0.4 is 0 Å². The molecule has 0 saturated carbocycles. The lowest BCUT2D eigenvalue weighted by atomic mass is 10.2. The summed E-state index contributed by atoms with van der Waals surface area (Å²) in [5.41, 5.74) is 1.13. The molecule has 1 aromatic carbocycles. The molecule has 106 valence electrons. The van der Waals surface area contributed by atoms with Gasteiger partial charge < -0.3 is 5.11 Å². The van der Waals surface area contributed by atoms with E-state index < -0.39 is 5.97 Å². The SMILES string of the molecule is CC(CC(=O)O)SCc1nnnn1Cc1ccccc1. The van der Waals surface area contributed by atoms with Crippen molar-refractivity contribution >= 4 is 17.7 Å². The van der Waals surface area contributed by atoms with Crippen LogP contribution in [-0.4, -0.2) is 36.5 Å². The molecule has 0 spiro atoms. The van der Waals surface area contributed by atoms with E-state index in [2.05, 4.69) is 15.5 Å². The topological polar surface area (TPSA) is 80.9 Å². The van der Waals surface area contributed by atoms with Gasteiger partial charge in [0.2, 0.25) is 0 Å². The maximum absolute atomic E-state index is 10.6. The van der Waals surface area contributed by atoms with E-state index in [1.165, 1.54) is 0 Å². The molecule has 0 aliphatic carbocycles. The molecule has 0 amide bonds. The zero-order chi connectivity index (χ0) is 14.4. The number of carboxylic acid groups (broad SMARTS) is 1. The minimum Gasteiger partial charge on any atom is -0.481 e. The summed E-state index contributed by atoms with van der Waals surface area (Å²) in [4.78, 5) is 10.6. The first kappa shape index (κ1) is 14.5. The molecule has 0 aliphatic rings. The number of aromatic nitrogens is 4. The van der Waals surface area contributed by atoms with Crippen molar-refractivity contribution in [2.45, 2.75) is 30.9 Å². The van der Waals surface area contributed by atoms with Crippen molar-refractivity contribution in [2.75, 3.05) is 0 Å². The zero-order valence-electron chi connectivity index (χ0n) is 11.1. The van der Waals surface area contributed by atoms with Crippen LogP contribution in [0.3, 0.4) is 0 Å². The first-order valence-electron chi connectivity index (χ1n) is 6.27. The molecule has 0 bridgehead atoms. The lowest BCUT2D eigenvalue weighted by molar-refractivity contribution is -0.136. The van der Waals surface area contributed by atoms with E-state index in [0.29, 0.717) is 12.3 Å². The lowest BCUT2D eigenvalue weighted by Crippen LogP contribution is -2.09. The average molecular weight is 292 g/mol. The molecule has 0 saturated heterocycles. The number of benzene rings is 1. The third-order valence-corrected chi connectivity index (χ3v) is 3.90. The van der Waals surface area contributed by atoms with Gasteiger partial charge in [-0.2, -0.15) is 11.8 Å². The quantitative estimate of drug-likeness (QED) is 0.838. The van der Waals surface area contributed by atoms with E-state index >= 15 is 0 Å². The van der Waals surface area contributed by atoms with Gasteiger partial charge in [0.25, 0.3) is 0 Å². The number of hydrogen-bond donors (Lipinski definition) is 1. The van der Waals surface area contributed by atoms with Crippen molar-refractivity contribution in [3.8, 4) is 0 Å².